The van der Waals surface area contributed by atoms with Gasteiger partial charge in [-0.1, -0.05) is 6.07 Å². The van der Waals surface area contributed by atoms with E-state index in [1.54, 1.807) is 0 Å². The van der Waals surface area contributed by atoms with Crippen molar-refractivity contribution in [2.75, 3.05) is 13.2 Å². The molecule has 3 nitrogen and oxygen atoms in total. The Morgan fingerprint density at radius 1 is 1.27 bits per heavy atom. The molecular weight excluding hydrogens is 192 g/mol. The molecule has 0 spiro atoms. The van der Waals surface area contributed by atoms with Crippen LogP contribution in [0, 0.1) is 0 Å². The van der Waals surface area contributed by atoms with Gasteiger partial charge in [-0.25, -0.2) is 0 Å². The molecule has 1 aliphatic carbocycles. The molecule has 0 fully saturated rings. The molecule has 0 amide bonds. The number of aliphatic hydroxyl groups is 2. The Morgan fingerprint density at radius 3 is 2.87 bits per heavy atom. The number of aliphatic hydroxyl groups excluding tert-OH is 2. The van der Waals surface area contributed by atoms with Gasteiger partial charge in [-0.3, -0.25) is 0 Å². The molecule has 0 aliphatic heterocycles. The highest BCUT2D eigenvalue weighted by Gasteiger charge is 2.11. The molecule has 82 valence electrons. The van der Waals surface area contributed by atoms with Crippen molar-refractivity contribution < 1.29 is 14.9 Å². The zero-order valence-corrected chi connectivity index (χ0v) is 8.65. The molecule has 1 unspecified atom stereocenters. The van der Waals surface area contributed by atoms with Crippen molar-refractivity contribution in [3.63, 3.8) is 0 Å². The lowest BCUT2D eigenvalue weighted by molar-refractivity contribution is 0.0536. The van der Waals surface area contributed by atoms with Gasteiger partial charge in [-0.05, 0) is 42.5 Å². The Labute approximate surface area is 89.3 Å². The van der Waals surface area contributed by atoms with E-state index in [1.165, 1.54) is 17.5 Å². The highest BCUT2D eigenvalue weighted by Crippen LogP contribution is 2.25. The summed E-state index contributed by atoms with van der Waals surface area (Å²) in [4.78, 5) is 0. The summed E-state index contributed by atoms with van der Waals surface area (Å²) in [6.45, 7) is -0.111. The van der Waals surface area contributed by atoms with Gasteiger partial charge in [0.25, 0.3) is 0 Å². The summed E-state index contributed by atoms with van der Waals surface area (Å²) in [6, 6.07) is 6.05. The van der Waals surface area contributed by atoms with E-state index in [4.69, 9.17) is 14.9 Å². The molecule has 1 aromatic carbocycles. The molecule has 2 N–H and O–H groups in total. The summed E-state index contributed by atoms with van der Waals surface area (Å²) in [5.74, 6) is 0.781. The van der Waals surface area contributed by atoms with Crippen LogP contribution in [0.5, 0.6) is 5.75 Å². The number of aryl methyl sites for hydroxylation is 2. The van der Waals surface area contributed by atoms with E-state index in [0.717, 1.165) is 18.6 Å². The van der Waals surface area contributed by atoms with Crippen LogP contribution in [0.4, 0.5) is 0 Å². The molecule has 3 heteroatoms. The second kappa shape index (κ2) is 4.64. The van der Waals surface area contributed by atoms with Crippen molar-refractivity contribution in [1.82, 2.24) is 0 Å². The fourth-order valence-corrected chi connectivity index (χ4v) is 1.88. The molecule has 15 heavy (non-hydrogen) atoms. The minimum Gasteiger partial charge on any atom is -0.491 e. The molecule has 0 saturated heterocycles. The maximum atomic E-state index is 9.14. The summed E-state index contributed by atoms with van der Waals surface area (Å²) in [7, 11) is 0. The predicted molar refractivity (Wildman–Crippen MR) is 57.1 cm³/mol. The highest BCUT2D eigenvalue weighted by atomic mass is 16.5. The van der Waals surface area contributed by atoms with Crippen molar-refractivity contribution in [1.29, 1.82) is 0 Å². The summed E-state index contributed by atoms with van der Waals surface area (Å²) < 4.78 is 5.37. The second-order valence-corrected chi connectivity index (χ2v) is 3.93. The summed E-state index contributed by atoms with van der Waals surface area (Å²) >= 11 is 0. The van der Waals surface area contributed by atoms with Crippen LogP contribution < -0.4 is 4.74 Å². The van der Waals surface area contributed by atoms with Gasteiger partial charge < -0.3 is 14.9 Å². The smallest absolute Gasteiger partial charge is 0.119 e. The van der Waals surface area contributed by atoms with Crippen LogP contribution in [-0.2, 0) is 12.8 Å². The SMILES string of the molecule is OCC(O)COc1ccc2c(c1)CCC2. The lowest BCUT2D eigenvalue weighted by Crippen LogP contribution is -2.21. The van der Waals surface area contributed by atoms with Crippen LogP contribution in [0.25, 0.3) is 0 Å². The quantitative estimate of drug-likeness (QED) is 0.773. The van der Waals surface area contributed by atoms with Crippen LogP contribution in [0.15, 0.2) is 18.2 Å². The van der Waals surface area contributed by atoms with Gasteiger partial charge in [0.05, 0.1) is 6.61 Å². The molecule has 1 aromatic rings. The second-order valence-electron chi connectivity index (χ2n) is 3.93. The fraction of sp³-hybridized carbons (Fsp3) is 0.500. The first-order valence-electron chi connectivity index (χ1n) is 5.33. The fourth-order valence-electron chi connectivity index (χ4n) is 1.88. The van der Waals surface area contributed by atoms with E-state index in [2.05, 4.69) is 6.07 Å². The molecule has 1 atom stereocenters. The monoisotopic (exact) mass is 208 g/mol. The van der Waals surface area contributed by atoms with Crippen molar-refractivity contribution in [2.24, 2.45) is 0 Å². The molecule has 0 heterocycles. The van der Waals surface area contributed by atoms with Crippen LogP contribution in [0.1, 0.15) is 17.5 Å². The Kier molecular flexibility index (Phi) is 3.23. The van der Waals surface area contributed by atoms with Crippen LogP contribution in [0.2, 0.25) is 0 Å². The summed E-state index contributed by atoms with van der Waals surface area (Å²) in [5, 5.41) is 17.8. The van der Waals surface area contributed by atoms with E-state index in [0.29, 0.717) is 0 Å². The lowest BCUT2D eigenvalue weighted by atomic mass is 10.1. The van der Waals surface area contributed by atoms with Gasteiger partial charge in [-0.2, -0.15) is 0 Å². The lowest BCUT2D eigenvalue weighted by Gasteiger charge is -2.10. The average molecular weight is 208 g/mol. The number of ether oxygens (including phenoxy) is 1. The van der Waals surface area contributed by atoms with E-state index in [-0.39, 0.29) is 13.2 Å². The van der Waals surface area contributed by atoms with Gasteiger partial charge >= 0.3 is 0 Å². The Balaban J connectivity index is 1.98. The minimum atomic E-state index is -0.793. The average Bonchev–Trinajstić information content (AvgIpc) is 2.72. The normalized spacial score (nSPS) is 16.1. The zero-order valence-electron chi connectivity index (χ0n) is 8.65. The highest BCUT2D eigenvalue weighted by molar-refractivity contribution is 5.38. The van der Waals surface area contributed by atoms with Crippen molar-refractivity contribution in [2.45, 2.75) is 25.4 Å². The van der Waals surface area contributed by atoms with Crippen molar-refractivity contribution in [3.05, 3.63) is 29.3 Å². The number of hydrogen-bond donors (Lipinski definition) is 2. The maximum Gasteiger partial charge on any atom is 0.119 e. The third-order valence-electron chi connectivity index (χ3n) is 2.72. The maximum absolute atomic E-state index is 9.14. The Morgan fingerprint density at radius 2 is 2.07 bits per heavy atom. The Hall–Kier alpha value is -1.06. The third kappa shape index (κ3) is 2.49. The summed E-state index contributed by atoms with van der Waals surface area (Å²) in [5.41, 5.74) is 2.76. The molecule has 0 radical (unpaired) electrons. The minimum absolute atomic E-state index is 0.148. The van der Waals surface area contributed by atoms with Gasteiger partial charge in [-0.15, -0.1) is 0 Å². The van der Waals surface area contributed by atoms with E-state index >= 15 is 0 Å². The molecule has 0 bridgehead atoms. The number of fused-ring (bicyclic) bond motifs is 1. The largest absolute Gasteiger partial charge is 0.491 e. The van der Waals surface area contributed by atoms with Crippen molar-refractivity contribution in [3.8, 4) is 5.75 Å². The predicted octanol–water partition coefficient (Wildman–Crippen LogP) is 0.907. The van der Waals surface area contributed by atoms with Gasteiger partial charge in [0.15, 0.2) is 0 Å². The standard InChI is InChI=1S/C12H16O3/c13-7-11(14)8-15-12-5-4-9-2-1-3-10(9)6-12/h4-6,11,13-14H,1-3,7-8H2. The molecule has 2 rings (SSSR count). The van der Waals surface area contributed by atoms with Gasteiger partial charge in [0.2, 0.25) is 0 Å². The molecule has 0 aromatic heterocycles. The van der Waals surface area contributed by atoms with Gasteiger partial charge in [0.1, 0.15) is 18.5 Å². The van der Waals surface area contributed by atoms with Crippen molar-refractivity contribution >= 4 is 0 Å². The van der Waals surface area contributed by atoms with Crippen LogP contribution >= 0.6 is 0 Å². The first-order valence-corrected chi connectivity index (χ1v) is 5.33. The van der Waals surface area contributed by atoms with E-state index in [9.17, 15) is 0 Å². The summed E-state index contributed by atoms with van der Waals surface area (Å²) in [6.07, 6.45) is 2.71. The number of hydrogen-bond acceptors (Lipinski definition) is 3. The first-order chi connectivity index (χ1) is 7.29. The molecule has 1 aliphatic rings. The third-order valence-corrected chi connectivity index (χ3v) is 2.72. The van der Waals surface area contributed by atoms with Gasteiger partial charge in [0, 0.05) is 0 Å². The first kappa shape index (κ1) is 10.5. The zero-order chi connectivity index (χ0) is 10.7. The molecular formula is C12H16O3. The number of rotatable bonds is 4. The Bertz CT molecular complexity index is 336. The van der Waals surface area contributed by atoms with Crippen LogP contribution in [-0.4, -0.2) is 29.5 Å². The van der Waals surface area contributed by atoms with E-state index < -0.39 is 6.10 Å². The topological polar surface area (TPSA) is 49.7 Å². The molecule has 0 saturated carbocycles. The van der Waals surface area contributed by atoms with E-state index in [1.807, 2.05) is 12.1 Å². The number of benzene rings is 1. The van der Waals surface area contributed by atoms with Crippen LogP contribution in [0.3, 0.4) is 0 Å².